The summed E-state index contributed by atoms with van der Waals surface area (Å²) in [5.41, 5.74) is 4.79. The predicted molar refractivity (Wildman–Crippen MR) is 113 cm³/mol. The molecule has 1 heterocycles. The van der Waals surface area contributed by atoms with Crippen molar-refractivity contribution in [3.8, 4) is 0 Å². The van der Waals surface area contributed by atoms with Gasteiger partial charge in [-0.2, -0.15) is 0 Å². The number of rotatable bonds is 3. The molecule has 3 amide bonds. The summed E-state index contributed by atoms with van der Waals surface area (Å²) in [5.74, 6) is -1.19. The Morgan fingerprint density at radius 2 is 1.76 bits per heavy atom. The van der Waals surface area contributed by atoms with Crippen LogP contribution in [0.3, 0.4) is 0 Å². The molecule has 2 aromatic carbocycles. The molecule has 29 heavy (non-hydrogen) atoms. The van der Waals surface area contributed by atoms with Crippen LogP contribution < -0.4 is 10.2 Å². The molecular formula is C24H24N2O3. The Bertz CT molecular complexity index is 1050. The maximum atomic E-state index is 12.9. The molecule has 1 N–H and O–H groups in total. The van der Waals surface area contributed by atoms with Crippen molar-refractivity contribution in [3.05, 3.63) is 70.8 Å². The molecular weight excluding hydrogens is 364 g/mol. The Labute approximate surface area is 170 Å². The van der Waals surface area contributed by atoms with E-state index in [1.165, 1.54) is 4.90 Å². The highest BCUT2D eigenvalue weighted by Crippen LogP contribution is 2.39. The van der Waals surface area contributed by atoms with E-state index in [-0.39, 0.29) is 29.6 Å². The van der Waals surface area contributed by atoms with E-state index in [1.807, 2.05) is 45.0 Å². The Kier molecular flexibility index (Phi) is 4.82. The molecule has 0 saturated carbocycles. The van der Waals surface area contributed by atoms with E-state index in [2.05, 4.69) is 5.32 Å². The zero-order valence-electron chi connectivity index (χ0n) is 16.9. The van der Waals surface area contributed by atoms with Gasteiger partial charge in [-0.3, -0.25) is 19.3 Å². The van der Waals surface area contributed by atoms with Gasteiger partial charge in [0.15, 0.2) is 0 Å². The summed E-state index contributed by atoms with van der Waals surface area (Å²) in [4.78, 5) is 39.9. The van der Waals surface area contributed by atoms with Gasteiger partial charge in [-0.25, -0.2) is 0 Å². The summed E-state index contributed by atoms with van der Waals surface area (Å²) in [6, 6.07) is 12.6. The van der Waals surface area contributed by atoms with Gasteiger partial charge in [0, 0.05) is 11.3 Å². The number of amides is 3. The van der Waals surface area contributed by atoms with Crippen LogP contribution in [-0.2, 0) is 9.59 Å². The molecule has 1 aliphatic carbocycles. The van der Waals surface area contributed by atoms with Crippen molar-refractivity contribution in [1.82, 2.24) is 0 Å². The number of imide groups is 1. The van der Waals surface area contributed by atoms with Crippen molar-refractivity contribution in [2.75, 3.05) is 10.2 Å². The van der Waals surface area contributed by atoms with Crippen LogP contribution >= 0.6 is 0 Å². The number of anilines is 2. The van der Waals surface area contributed by atoms with Gasteiger partial charge in [0.25, 0.3) is 5.91 Å². The minimum absolute atomic E-state index is 0.167. The lowest BCUT2D eigenvalue weighted by molar-refractivity contribution is -0.122. The van der Waals surface area contributed by atoms with Gasteiger partial charge in [0.05, 0.1) is 17.5 Å². The first kappa shape index (κ1) is 19.1. The van der Waals surface area contributed by atoms with E-state index in [1.54, 1.807) is 24.3 Å². The molecule has 1 fully saturated rings. The predicted octanol–water partition coefficient (Wildman–Crippen LogP) is 4.40. The summed E-state index contributed by atoms with van der Waals surface area (Å²) in [5, 5.41) is 2.93. The smallest absolute Gasteiger partial charge is 0.255 e. The molecule has 5 heteroatoms. The molecule has 0 aromatic heterocycles. The first-order valence-electron chi connectivity index (χ1n) is 9.87. The van der Waals surface area contributed by atoms with Crippen LogP contribution in [0.25, 0.3) is 0 Å². The SMILES string of the molecule is CC1=CC[C@@H]2C(=O)N(c3cccc(C(=O)Nc4cc(C)ccc4C)c3)C(=O)[C@@H]2C1. The number of hydrogen-bond acceptors (Lipinski definition) is 3. The average molecular weight is 388 g/mol. The van der Waals surface area contributed by atoms with E-state index in [0.717, 1.165) is 22.4 Å². The Hall–Kier alpha value is -3.21. The zero-order chi connectivity index (χ0) is 20.7. The average Bonchev–Trinajstić information content (AvgIpc) is 2.94. The summed E-state index contributed by atoms with van der Waals surface area (Å²) < 4.78 is 0. The molecule has 0 bridgehead atoms. The van der Waals surface area contributed by atoms with Crippen LogP contribution in [0.2, 0.25) is 0 Å². The maximum absolute atomic E-state index is 12.9. The van der Waals surface area contributed by atoms with Gasteiger partial charge in [-0.15, -0.1) is 0 Å². The van der Waals surface area contributed by atoms with Gasteiger partial charge in [0.2, 0.25) is 11.8 Å². The molecule has 4 rings (SSSR count). The third-order valence-corrected chi connectivity index (χ3v) is 5.83. The molecule has 5 nitrogen and oxygen atoms in total. The van der Waals surface area contributed by atoms with Crippen molar-refractivity contribution < 1.29 is 14.4 Å². The van der Waals surface area contributed by atoms with Crippen molar-refractivity contribution in [1.29, 1.82) is 0 Å². The van der Waals surface area contributed by atoms with Crippen LogP contribution in [0.5, 0.6) is 0 Å². The summed E-state index contributed by atoms with van der Waals surface area (Å²) >= 11 is 0. The molecule has 2 aromatic rings. The van der Waals surface area contributed by atoms with Crippen molar-refractivity contribution in [2.24, 2.45) is 11.8 Å². The number of carbonyl (C=O) groups excluding carboxylic acids is 3. The second-order valence-corrected chi connectivity index (χ2v) is 8.04. The first-order chi connectivity index (χ1) is 13.8. The number of benzene rings is 2. The van der Waals surface area contributed by atoms with E-state index in [4.69, 9.17) is 0 Å². The summed E-state index contributed by atoms with van der Waals surface area (Å²) in [7, 11) is 0. The van der Waals surface area contributed by atoms with E-state index in [0.29, 0.717) is 24.1 Å². The highest BCUT2D eigenvalue weighted by molar-refractivity contribution is 6.22. The monoisotopic (exact) mass is 388 g/mol. The van der Waals surface area contributed by atoms with Gasteiger partial charge < -0.3 is 5.32 Å². The van der Waals surface area contributed by atoms with Crippen LogP contribution in [0, 0.1) is 25.7 Å². The molecule has 2 aliphatic rings. The Morgan fingerprint density at radius 1 is 1.00 bits per heavy atom. The number of fused-ring (bicyclic) bond motifs is 1. The third-order valence-electron chi connectivity index (χ3n) is 5.83. The molecule has 1 saturated heterocycles. The molecule has 1 aliphatic heterocycles. The normalized spacial score (nSPS) is 21.1. The number of nitrogens with zero attached hydrogens (tertiary/aromatic N) is 1. The fraction of sp³-hybridized carbons (Fsp3) is 0.292. The van der Waals surface area contributed by atoms with Crippen molar-refractivity contribution in [2.45, 2.75) is 33.6 Å². The van der Waals surface area contributed by atoms with E-state index >= 15 is 0 Å². The minimum atomic E-state index is -0.293. The number of nitrogens with one attached hydrogen (secondary N) is 1. The van der Waals surface area contributed by atoms with Gasteiger partial charge >= 0.3 is 0 Å². The number of aryl methyl sites for hydroxylation is 2. The number of allylic oxidation sites excluding steroid dienone is 2. The van der Waals surface area contributed by atoms with Gasteiger partial charge in [-0.05, 0) is 69.0 Å². The fourth-order valence-corrected chi connectivity index (χ4v) is 4.14. The molecule has 2 atom stereocenters. The first-order valence-corrected chi connectivity index (χ1v) is 9.87. The standard InChI is InChI=1S/C24H24N2O3/c1-14-8-10-19-20(11-14)24(29)26(23(19)28)18-6-4-5-17(13-18)22(27)25-21-12-15(2)7-9-16(21)3/h4-9,12-13,19-20H,10-11H2,1-3H3,(H,25,27)/t19-,20+/m0/s1. The quantitative estimate of drug-likeness (QED) is 0.626. The topological polar surface area (TPSA) is 66.5 Å². The van der Waals surface area contributed by atoms with E-state index < -0.39 is 0 Å². The van der Waals surface area contributed by atoms with E-state index in [9.17, 15) is 14.4 Å². The molecule has 0 radical (unpaired) electrons. The minimum Gasteiger partial charge on any atom is -0.322 e. The van der Waals surface area contributed by atoms with Crippen molar-refractivity contribution in [3.63, 3.8) is 0 Å². The molecule has 148 valence electrons. The lowest BCUT2D eigenvalue weighted by Gasteiger charge is -2.18. The summed E-state index contributed by atoms with van der Waals surface area (Å²) in [6.07, 6.45) is 3.27. The largest absolute Gasteiger partial charge is 0.322 e. The van der Waals surface area contributed by atoms with Crippen molar-refractivity contribution >= 4 is 29.1 Å². The summed E-state index contributed by atoms with van der Waals surface area (Å²) in [6.45, 7) is 5.90. The molecule has 0 spiro atoms. The second kappa shape index (κ2) is 7.32. The highest BCUT2D eigenvalue weighted by Gasteiger charge is 2.48. The van der Waals surface area contributed by atoms with Crippen LogP contribution in [0.15, 0.2) is 54.1 Å². The molecule has 0 unspecified atom stereocenters. The lowest BCUT2D eigenvalue weighted by Crippen LogP contribution is -2.31. The Morgan fingerprint density at radius 3 is 2.55 bits per heavy atom. The number of carbonyl (C=O) groups is 3. The number of hydrogen-bond donors (Lipinski definition) is 1. The van der Waals surface area contributed by atoms with Crippen LogP contribution in [0.1, 0.15) is 41.3 Å². The fourth-order valence-electron chi connectivity index (χ4n) is 4.14. The van der Waals surface area contributed by atoms with Crippen LogP contribution in [-0.4, -0.2) is 17.7 Å². The zero-order valence-corrected chi connectivity index (χ0v) is 16.9. The maximum Gasteiger partial charge on any atom is 0.255 e. The second-order valence-electron chi connectivity index (χ2n) is 8.04. The van der Waals surface area contributed by atoms with Gasteiger partial charge in [-0.1, -0.05) is 29.8 Å². The van der Waals surface area contributed by atoms with Gasteiger partial charge in [0.1, 0.15) is 0 Å². The highest BCUT2D eigenvalue weighted by atomic mass is 16.2. The van der Waals surface area contributed by atoms with Crippen LogP contribution in [0.4, 0.5) is 11.4 Å². The Balaban J connectivity index is 1.59. The lowest BCUT2D eigenvalue weighted by atomic mass is 9.82. The third kappa shape index (κ3) is 3.48.